The minimum atomic E-state index is -0.150. The van der Waals surface area contributed by atoms with Gasteiger partial charge in [-0.3, -0.25) is 9.78 Å². The largest absolute Gasteiger partial charge is 0.301 e. The SMILES string of the molecule is Cc1nccc(Cl)c1CSc1nc2/c(c(=O)[nH]1)=C\C=C/C=C\C=2. The summed E-state index contributed by atoms with van der Waals surface area (Å²) in [6.45, 7) is 1.92. The molecule has 116 valence electrons. The number of aryl methyl sites for hydroxylation is 1. The second kappa shape index (κ2) is 6.98. The van der Waals surface area contributed by atoms with Crippen LogP contribution in [-0.2, 0) is 5.75 Å². The summed E-state index contributed by atoms with van der Waals surface area (Å²) in [4.78, 5) is 23.8. The molecule has 0 saturated carbocycles. The van der Waals surface area contributed by atoms with Crippen molar-refractivity contribution in [3.8, 4) is 0 Å². The molecule has 0 spiro atoms. The maximum atomic E-state index is 12.2. The van der Waals surface area contributed by atoms with Gasteiger partial charge in [-0.05, 0) is 25.1 Å². The van der Waals surface area contributed by atoms with Crippen molar-refractivity contribution in [2.45, 2.75) is 17.8 Å². The zero-order valence-corrected chi connectivity index (χ0v) is 14.0. The number of nitrogens with zero attached hydrogens (tertiary/aromatic N) is 2. The molecule has 0 radical (unpaired) electrons. The molecule has 0 saturated heterocycles. The predicted octanol–water partition coefficient (Wildman–Crippen LogP) is 2.11. The van der Waals surface area contributed by atoms with E-state index in [4.69, 9.17) is 11.6 Å². The maximum Gasteiger partial charge on any atom is 0.259 e. The Bertz CT molecular complexity index is 956. The molecule has 0 fully saturated rings. The molecule has 0 amide bonds. The number of halogens is 1. The van der Waals surface area contributed by atoms with Gasteiger partial charge in [0.15, 0.2) is 5.16 Å². The molecular weight excluding hydrogens is 330 g/mol. The Balaban J connectivity index is 1.95. The summed E-state index contributed by atoms with van der Waals surface area (Å²) in [5, 5.41) is 2.46. The van der Waals surface area contributed by atoms with Gasteiger partial charge in [0.05, 0.1) is 10.6 Å². The van der Waals surface area contributed by atoms with Gasteiger partial charge in [-0.1, -0.05) is 47.7 Å². The van der Waals surface area contributed by atoms with E-state index < -0.39 is 0 Å². The van der Waals surface area contributed by atoms with Crippen LogP contribution in [0, 0.1) is 6.92 Å². The van der Waals surface area contributed by atoms with Gasteiger partial charge in [0.1, 0.15) is 0 Å². The Morgan fingerprint density at radius 3 is 2.78 bits per heavy atom. The number of aromatic nitrogens is 3. The van der Waals surface area contributed by atoms with E-state index in [9.17, 15) is 4.79 Å². The maximum absolute atomic E-state index is 12.2. The Kier molecular flexibility index (Phi) is 4.79. The molecule has 23 heavy (non-hydrogen) atoms. The molecule has 2 aromatic rings. The van der Waals surface area contributed by atoms with Crippen molar-refractivity contribution in [3.05, 3.63) is 73.8 Å². The molecule has 1 aliphatic carbocycles. The molecule has 0 aliphatic heterocycles. The summed E-state index contributed by atoms with van der Waals surface area (Å²) >= 11 is 7.64. The van der Waals surface area contributed by atoms with Crippen molar-refractivity contribution < 1.29 is 0 Å². The lowest BCUT2D eigenvalue weighted by Crippen LogP contribution is -2.43. The van der Waals surface area contributed by atoms with Crippen molar-refractivity contribution in [2.24, 2.45) is 0 Å². The van der Waals surface area contributed by atoms with Crippen LogP contribution in [-0.4, -0.2) is 15.0 Å². The normalized spacial score (nSPS) is 18.5. The summed E-state index contributed by atoms with van der Waals surface area (Å²) in [6.07, 6.45) is 12.7. The Hall–Kier alpha value is -2.11. The lowest BCUT2D eigenvalue weighted by Gasteiger charge is -2.06. The molecule has 0 aromatic carbocycles. The molecule has 3 rings (SSSR count). The number of rotatable bonds is 3. The molecule has 1 aliphatic rings. The molecule has 1 N–H and O–H groups in total. The summed E-state index contributed by atoms with van der Waals surface area (Å²) < 4.78 is 0. The lowest BCUT2D eigenvalue weighted by atomic mass is 10.2. The monoisotopic (exact) mass is 343 g/mol. The average Bonchev–Trinajstić information content (AvgIpc) is 2.48. The molecule has 4 nitrogen and oxygen atoms in total. The first-order valence-electron chi connectivity index (χ1n) is 7.03. The number of hydrogen-bond acceptors (Lipinski definition) is 4. The van der Waals surface area contributed by atoms with Crippen molar-refractivity contribution in [2.75, 3.05) is 0 Å². The van der Waals surface area contributed by atoms with Gasteiger partial charge in [-0.25, -0.2) is 4.98 Å². The number of nitrogens with one attached hydrogen (secondary N) is 1. The van der Waals surface area contributed by atoms with Crippen LogP contribution in [0.15, 0.2) is 46.5 Å². The van der Waals surface area contributed by atoms with Crippen molar-refractivity contribution in [3.63, 3.8) is 0 Å². The first-order valence-corrected chi connectivity index (χ1v) is 8.40. The van der Waals surface area contributed by atoms with Gasteiger partial charge in [0.2, 0.25) is 0 Å². The fourth-order valence-corrected chi connectivity index (χ4v) is 3.45. The number of thioether (sulfide) groups is 1. The van der Waals surface area contributed by atoms with E-state index >= 15 is 0 Å². The topological polar surface area (TPSA) is 58.6 Å². The molecule has 2 heterocycles. The highest BCUT2D eigenvalue weighted by Crippen LogP contribution is 2.25. The Morgan fingerprint density at radius 2 is 2.00 bits per heavy atom. The number of fused-ring (bicyclic) bond motifs is 1. The summed E-state index contributed by atoms with van der Waals surface area (Å²) in [5.74, 6) is 0.597. The molecule has 0 bridgehead atoms. The van der Waals surface area contributed by atoms with Crippen LogP contribution in [0.1, 0.15) is 11.3 Å². The first kappa shape index (κ1) is 15.8. The third kappa shape index (κ3) is 3.63. The van der Waals surface area contributed by atoms with Gasteiger partial charge >= 0.3 is 0 Å². The van der Waals surface area contributed by atoms with Crippen LogP contribution in [0.2, 0.25) is 5.02 Å². The fourth-order valence-electron chi connectivity index (χ4n) is 2.14. The highest BCUT2D eigenvalue weighted by molar-refractivity contribution is 7.98. The summed E-state index contributed by atoms with van der Waals surface area (Å²) in [7, 11) is 0. The third-order valence-corrected chi connectivity index (χ3v) is 4.63. The number of aromatic amines is 1. The standard InChI is InChI=1S/C17H14ClN3OS/c1-11-13(14(18)8-9-19-11)10-23-17-20-15-7-5-3-2-4-6-12(15)16(22)21-17/h2-9H,10H2,1H3,(H,20,21,22). The number of hydrogen-bond donors (Lipinski definition) is 1. The first-order chi connectivity index (χ1) is 11.1. The van der Waals surface area contributed by atoms with Crippen molar-refractivity contribution in [1.82, 2.24) is 15.0 Å². The summed E-state index contributed by atoms with van der Waals surface area (Å²) in [6, 6.07) is 1.76. The van der Waals surface area contributed by atoms with E-state index in [0.29, 0.717) is 26.5 Å². The third-order valence-electron chi connectivity index (χ3n) is 3.38. The van der Waals surface area contributed by atoms with Crippen LogP contribution < -0.4 is 16.1 Å². The van der Waals surface area contributed by atoms with Crippen LogP contribution in [0.25, 0.3) is 12.2 Å². The molecule has 0 unspecified atom stereocenters. The molecular formula is C17H14ClN3OS. The highest BCUT2D eigenvalue weighted by atomic mass is 35.5. The lowest BCUT2D eigenvalue weighted by molar-refractivity contribution is 0.896. The van der Waals surface area contributed by atoms with Gasteiger partial charge in [-0.15, -0.1) is 0 Å². The Morgan fingerprint density at radius 1 is 1.22 bits per heavy atom. The van der Waals surface area contributed by atoms with E-state index in [0.717, 1.165) is 11.3 Å². The smallest absolute Gasteiger partial charge is 0.259 e. The predicted molar refractivity (Wildman–Crippen MR) is 94.9 cm³/mol. The van der Waals surface area contributed by atoms with Crippen LogP contribution in [0.3, 0.4) is 0 Å². The molecule has 2 aromatic heterocycles. The zero-order chi connectivity index (χ0) is 16.2. The molecule has 6 heteroatoms. The number of allylic oxidation sites excluding steroid dienone is 4. The van der Waals surface area contributed by atoms with Crippen LogP contribution >= 0.6 is 23.4 Å². The summed E-state index contributed by atoms with van der Waals surface area (Å²) in [5.41, 5.74) is 1.68. The second-order valence-corrected chi connectivity index (χ2v) is 6.29. The van der Waals surface area contributed by atoms with Crippen LogP contribution in [0.5, 0.6) is 0 Å². The molecule has 0 atom stereocenters. The van der Waals surface area contributed by atoms with Gasteiger partial charge in [0, 0.05) is 28.2 Å². The number of H-pyrrole nitrogens is 1. The minimum Gasteiger partial charge on any atom is -0.301 e. The van der Waals surface area contributed by atoms with E-state index in [1.165, 1.54) is 11.8 Å². The fraction of sp³-hybridized carbons (Fsp3) is 0.118. The average molecular weight is 344 g/mol. The van der Waals surface area contributed by atoms with Crippen molar-refractivity contribution in [1.29, 1.82) is 0 Å². The van der Waals surface area contributed by atoms with Gasteiger partial charge < -0.3 is 4.98 Å². The highest BCUT2D eigenvalue weighted by Gasteiger charge is 2.07. The van der Waals surface area contributed by atoms with E-state index in [-0.39, 0.29) is 5.56 Å². The Labute approximate surface area is 142 Å². The van der Waals surface area contributed by atoms with E-state index in [2.05, 4.69) is 15.0 Å². The van der Waals surface area contributed by atoms with E-state index in [1.54, 1.807) is 18.3 Å². The number of pyridine rings is 1. The zero-order valence-electron chi connectivity index (χ0n) is 12.4. The van der Waals surface area contributed by atoms with Crippen molar-refractivity contribution >= 4 is 35.5 Å². The van der Waals surface area contributed by atoms with Gasteiger partial charge in [-0.2, -0.15) is 0 Å². The van der Waals surface area contributed by atoms with Crippen LogP contribution in [0.4, 0.5) is 0 Å². The van der Waals surface area contributed by atoms with E-state index in [1.807, 2.05) is 37.3 Å². The minimum absolute atomic E-state index is 0.150. The quantitative estimate of drug-likeness (QED) is 0.685. The van der Waals surface area contributed by atoms with Gasteiger partial charge in [0.25, 0.3) is 5.56 Å². The second-order valence-electron chi connectivity index (χ2n) is 4.92.